The molecule has 0 unspecified atom stereocenters. The number of pyridine rings is 1. The van der Waals surface area contributed by atoms with Crippen LogP contribution in [-0.4, -0.2) is 23.7 Å². The Morgan fingerprint density at radius 3 is 2.68 bits per heavy atom. The van der Waals surface area contributed by atoms with E-state index in [0.717, 1.165) is 25.7 Å². The van der Waals surface area contributed by atoms with Crippen molar-refractivity contribution in [3.63, 3.8) is 0 Å². The number of fused-ring (bicyclic) bond motifs is 1. The first kappa shape index (κ1) is 17.5. The number of nitrogens with zero attached hydrogens (tertiary/aromatic N) is 1. The minimum absolute atomic E-state index is 0.0794. The van der Waals surface area contributed by atoms with Gasteiger partial charge in [0.1, 0.15) is 11.4 Å². The summed E-state index contributed by atoms with van der Waals surface area (Å²) in [6.45, 7) is 2.46. The van der Waals surface area contributed by atoms with E-state index in [0.29, 0.717) is 17.7 Å². The maximum absolute atomic E-state index is 14.6. The van der Waals surface area contributed by atoms with Crippen LogP contribution in [0.15, 0.2) is 23.1 Å². The van der Waals surface area contributed by atoms with Crippen LogP contribution < -0.4 is 10.7 Å². The summed E-state index contributed by atoms with van der Waals surface area (Å²) < 4.78 is 21.0. The molecule has 1 aliphatic carbocycles. The zero-order valence-corrected chi connectivity index (χ0v) is 14.6. The van der Waals surface area contributed by atoms with Crippen molar-refractivity contribution in [3.8, 4) is 0 Å². The molecular weight excluding hydrogens is 323 g/mol. The number of methoxy groups -OCH3 is 1. The monoisotopic (exact) mass is 346 g/mol. The minimum atomic E-state index is -0.709. The van der Waals surface area contributed by atoms with Crippen LogP contribution in [0.4, 0.5) is 10.1 Å². The molecule has 0 aliphatic heterocycles. The van der Waals surface area contributed by atoms with Crippen molar-refractivity contribution in [2.24, 2.45) is 0 Å². The van der Waals surface area contributed by atoms with Crippen LogP contribution >= 0.6 is 0 Å². The second-order valence-electron chi connectivity index (χ2n) is 6.48. The molecule has 2 aromatic rings. The third kappa shape index (κ3) is 3.38. The number of rotatable bonds is 4. The van der Waals surface area contributed by atoms with Crippen LogP contribution in [0.25, 0.3) is 10.9 Å². The van der Waals surface area contributed by atoms with Crippen molar-refractivity contribution in [2.75, 3.05) is 12.4 Å². The van der Waals surface area contributed by atoms with Gasteiger partial charge in [0.2, 0.25) is 5.43 Å². The fraction of sp³-hybridized carbons (Fsp3) is 0.474. The zero-order chi connectivity index (χ0) is 18.0. The highest BCUT2D eigenvalue weighted by Crippen LogP contribution is 2.26. The van der Waals surface area contributed by atoms with E-state index in [2.05, 4.69) is 10.1 Å². The molecule has 1 heterocycles. The van der Waals surface area contributed by atoms with Gasteiger partial charge in [-0.2, -0.15) is 0 Å². The predicted molar refractivity (Wildman–Crippen MR) is 95.7 cm³/mol. The highest BCUT2D eigenvalue weighted by molar-refractivity contribution is 5.94. The lowest BCUT2D eigenvalue weighted by Crippen LogP contribution is -2.24. The Morgan fingerprint density at radius 2 is 2.04 bits per heavy atom. The summed E-state index contributed by atoms with van der Waals surface area (Å²) in [6, 6.07) is 3.16. The Hall–Kier alpha value is -2.37. The Kier molecular flexibility index (Phi) is 5.06. The maximum atomic E-state index is 14.6. The van der Waals surface area contributed by atoms with Gasteiger partial charge in [0.05, 0.1) is 18.3 Å². The van der Waals surface area contributed by atoms with E-state index >= 15 is 0 Å². The SMILES string of the molecule is CCn1cc(C(=O)OC)c(=O)c2cc(F)c(NC3CCCCC3)cc21. The number of aryl methyl sites for hydroxylation is 1. The van der Waals surface area contributed by atoms with Gasteiger partial charge in [0, 0.05) is 24.2 Å². The third-order valence-electron chi connectivity index (χ3n) is 4.88. The molecule has 0 atom stereocenters. The fourth-order valence-electron chi connectivity index (χ4n) is 3.50. The fourth-order valence-corrected chi connectivity index (χ4v) is 3.50. The summed E-state index contributed by atoms with van der Waals surface area (Å²) in [6.07, 6.45) is 7.06. The molecule has 134 valence electrons. The van der Waals surface area contributed by atoms with Crippen LogP contribution in [0, 0.1) is 5.82 Å². The maximum Gasteiger partial charge on any atom is 0.343 e. The first-order chi connectivity index (χ1) is 12.0. The zero-order valence-electron chi connectivity index (χ0n) is 14.6. The Balaban J connectivity index is 2.10. The molecule has 0 bridgehead atoms. The first-order valence-corrected chi connectivity index (χ1v) is 8.76. The summed E-state index contributed by atoms with van der Waals surface area (Å²) in [4.78, 5) is 24.4. The number of hydrogen-bond donors (Lipinski definition) is 1. The molecule has 1 fully saturated rings. The number of esters is 1. The van der Waals surface area contributed by atoms with Crippen molar-refractivity contribution < 1.29 is 13.9 Å². The summed E-state index contributed by atoms with van der Waals surface area (Å²) >= 11 is 0. The summed E-state index contributed by atoms with van der Waals surface area (Å²) in [7, 11) is 1.22. The summed E-state index contributed by atoms with van der Waals surface area (Å²) in [5, 5.41) is 3.47. The Morgan fingerprint density at radius 1 is 1.32 bits per heavy atom. The van der Waals surface area contributed by atoms with Crippen LogP contribution in [0.1, 0.15) is 49.4 Å². The standard InChI is InChI=1S/C19H23FN2O3/c1-3-22-11-14(19(24)25-2)18(23)13-9-15(20)16(10-17(13)22)21-12-7-5-4-6-8-12/h9-12,21H,3-8H2,1-2H3. The number of aromatic nitrogens is 1. The van der Waals surface area contributed by atoms with Gasteiger partial charge in [0.25, 0.3) is 0 Å². The van der Waals surface area contributed by atoms with Crippen LogP contribution in [0.5, 0.6) is 0 Å². The van der Waals surface area contributed by atoms with Gasteiger partial charge in [0.15, 0.2) is 0 Å². The van der Waals surface area contributed by atoms with Crippen LogP contribution in [-0.2, 0) is 11.3 Å². The molecule has 25 heavy (non-hydrogen) atoms. The van der Waals surface area contributed by atoms with E-state index in [1.165, 1.54) is 25.8 Å². The van der Waals surface area contributed by atoms with Crippen molar-refractivity contribution in [2.45, 2.75) is 51.6 Å². The normalized spacial score (nSPS) is 15.3. The molecule has 0 amide bonds. The number of benzene rings is 1. The van der Waals surface area contributed by atoms with Gasteiger partial charge in [-0.1, -0.05) is 19.3 Å². The van der Waals surface area contributed by atoms with E-state index in [1.54, 1.807) is 10.6 Å². The van der Waals surface area contributed by atoms with Crippen LogP contribution in [0.3, 0.4) is 0 Å². The molecule has 1 aliphatic rings. The van der Waals surface area contributed by atoms with Gasteiger partial charge < -0.3 is 14.6 Å². The third-order valence-corrected chi connectivity index (χ3v) is 4.88. The molecule has 0 spiro atoms. The average Bonchev–Trinajstić information content (AvgIpc) is 2.63. The number of anilines is 1. The quantitative estimate of drug-likeness (QED) is 0.858. The molecule has 0 saturated heterocycles. The van der Waals surface area contributed by atoms with Gasteiger partial charge in [-0.15, -0.1) is 0 Å². The number of hydrogen-bond acceptors (Lipinski definition) is 4. The minimum Gasteiger partial charge on any atom is -0.465 e. The van der Waals surface area contributed by atoms with Crippen molar-refractivity contribution in [1.29, 1.82) is 0 Å². The topological polar surface area (TPSA) is 60.3 Å². The molecule has 1 aromatic heterocycles. The number of ether oxygens (including phenoxy) is 1. The first-order valence-electron chi connectivity index (χ1n) is 8.76. The summed E-state index contributed by atoms with van der Waals surface area (Å²) in [5.41, 5.74) is 0.436. The lowest BCUT2D eigenvalue weighted by Gasteiger charge is -2.24. The van der Waals surface area contributed by atoms with E-state index < -0.39 is 17.2 Å². The molecule has 0 radical (unpaired) electrons. The lowest BCUT2D eigenvalue weighted by molar-refractivity contribution is 0.0598. The highest BCUT2D eigenvalue weighted by atomic mass is 19.1. The van der Waals surface area contributed by atoms with Gasteiger partial charge in [-0.3, -0.25) is 4.79 Å². The molecule has 3 rings (SSSR count). The average molecular weight is 346 g/mol. The van der Waals surface area contributed by atoms with Crippen LogP contribution in [0.2, 0.25) is 0 Å². The van der Waals surface area contributed by atoms with Gasteiger partial charge in [-0.25, -0.2) is 9.18 Å². The number of nitrogens with one attached hydrogen (secondary N) is 1. The largest absolute Gasteiger partial charge is 0.465 e. The van der Waals surface area contributed by atoms with Gasteiger partial charge in [-0.05, 0) is 31.9 Å². The Labute approximate surface area is 145 Å². The van der Waals surface area contributed by atoms with E-state index in [9.17, 15) is 14.0 Å². The van der Waals surface area contributed by atoms with Crippen molar-refractivity contribution in [3.05, 3.63) is 39.9 Å². The molecule has 1 saturated carbocycles. The van der Waals surface area contributed by atoms with Gasteiger partial charge >= 0.3 is 5.97 Å². The second kappa shape index (κ2) is 7.25. The number of halogens is 1. The number of carbonyl (C=O) groups is 1. The second-order valence-corrected chi connectivity index (χ2v) is 6.48. The molecule has 1 N–H and O–H groups in total. The molecule has 1 aromatic carbocycles. The lowest BCUT2D eigenvalue weighted by atomic mass is 9.95. The molecular formula is C19H23FN2O3. The van der Waals surface area contributed by atoms with Crippen molar-refractivity contribution >= 4 is 22.6 Å². The molecule has 5 nitrogen and oxygen atoms in total. The predicted octanol–water partition coefficient (Wildman–Crippen LogP) is 3.69. The van der Waals surface area contributed by atoms with E-state index in [1.807, 2.05) is 6.92 Å². The smallest absolute Gasteiger partial charge is 0.343 e. The number of carbonyl (C=O) groups excluding carboxylic acids is 1. The van der Waals surface area contributed by atoms with Crippen molar-refractivity contribution in [1.82, 2.24) is 4.57 Å². The summed E-state index contributed by atoms with van der Waals surface area (Å²) in [5.74, 6) is -1.18. The van der Waals surface area contributed by atoms with E-state index in [-0.39, 0.29) is 17.0 Å². The Bertz CT molecular complexity index is 854. The van der Waals surface area contributed by atoms with E-state index in [4.69, 9.17) is 0 Å². The highest BCUT2D eigenvalue weighted by Gasteiger charge is 2.19. The molecule has 6 heteroatoms.